The number of aliphatic hydroxyl groups is 1. The van der Waals surface area contributed by atoms with Gasteiger partial charge in [-0.15, -0.1) is 0 Å². The highest BCUT2D eigenvalue weighted by molar-refractivity contribution is 7.56. The molecule has 1 unspecified atom stereocenters. The lowest BCUT2D eigenvalue weighted by Gasteiger charge is -2.30. The lowest BCUT2D eigenvalue weighted by Crippen LogP contribution is -2.41. The van der Waals surface area contributed by atoms with Crippen LogP contribution >= 0.6 is 7.60 Å². The van der Waals surface area contributed by atoms with Gasteiger partial charge in [0.15, 0.2) is 0 Å². The molecule has 0 saturated carbocycles. The normalized spacial score (nSPS) is 14.3. The van der Waals surface area contributed by atoms with E-state index in [-0.39, 0.29) is 26.2 Å². The average molecular weight is 332 g/mol. The summed E-state index contributed by atoms with van der Waals surface area (Å²) in [5.41, 5.74) is 0.651. The van der Waals surface area contributed by atoms with E-state index in [1.165, 1.54) is 0 Å². The maximum absolute atomic E-state index is 12.6. The molecule has 0 aliphatic rings. The molecule has 124 valence electrons. The summed E-state index contributed by atoms with van der Waals surface area (Å²) in [7, 11) is -4.22. The molecule has 1 aromatic rings. The number of carboxylic acids is 1. The van der Waals surface area contributed by atoms with Crippen molar-refractivity contribution in [3.8, 4) is 0 Å². The zero-order valence-electron chi connectivity index (χ0n) is 12.6. The molecule has 0 saturated heterocycles. The van der Waals surface area contributed by atoms with Crippen LogP contribution < -0.4 is 5.32 Å². The molecule has 0 spiro atoms. The molecule has 3 N–H and O–H groups in total. The minimum absolute atomic E-state index is 0.0388. The number of aromatic nitrogens is 1. The molecular formula is C13H21N2O6P. The van der Waals surface area contributed by atoms with E-state index in [4.69, 9.17) is 9.05 Å². The Morgan fingerprint density at radius 3 is 2.50 bits per heavy atom. The molecule has 0 radical (unpaired) electrons. The van der Waals surface area contributed by atoms with Crippen LogP contribution in [0, 0.1) is 0 Å². The van der Waals surface area contributed by atoms with Crippen molar-refractivity contribution in [2.24, 2.45) is 0 Å². The first-order valence-corrected chi connectivity index (χ1v) is 8.42. The van der Waals surface area contributed by atoms with Crippen LogP contribution in [0.1, 0.15) is 20.3 Å². The van der Waals surface area contributed by atoms with E-state index in [0.29, 0.717) is 5.69 Å². The number of carboxylic acid groups (broad SMARTS) is 1. The lowest BCUT2D eigenvalue weighted by molar-refractivity contribution is -0.152. The van der Waals surface area contributed by atoms with Gasteiger partial charge in [0, 0.05) is 25.4 Å². The molecule has 1 rings (SSSR count). The monoisotopic (exact) mass is 332 g/mol. The van der Waals surface area contributed by atoms with E-state index >= 15 is 0 Å². The Kier molecular flexibility index (Phi) is 6.96. The summed E-state index contributed by atoms with van der Waals surface area (Å²) in [6.45, 7) is 3.06. The minimum atomic E-state index is -4.22. The van der Waals surface area contributed by atoms with Gasteiger partial charge in [0.25, 0.3) is 5.34 Å². The third kappa shape index (κ3) is 4.27. The number of hydrogen-bond acceptors (Lipinski definition) is 7. The van der Waals surface area contributed by atoms with Crippen LogP contribution in [0.3, 0.4) is 0 Å². The molecule has 1 heterocycles. The fourth-order valence-corrected chi connectivity index (χ4v) is 3.60. The highest BCUT2D eigenvalue weighted by atomic mass is 31.2. The van der Waals surface area contributed by atoms with E-state index in [9.17, 15) is 19.6 Å². The van der Waals surface area contributed by atoms with E-state index in [2.05, 4.69) is 10.3 Å². The SMILES string of the molecule is CCOP(=O)(OCC)C(O)(CCNc1cccnc1)C(=O)O. The first-order valence-electron chi connectivity index (χ1n) is 6.88. The molecule has 1 atom stereocenters. The van der Waals surface area contributed by atoms with Crippen molar-refractivity contribution in [1.82, 2.24) is 4.98 Å². The zero-order chi connectivity index (χ0) is 16.6. The number of aliphatic carboxylic acids is 1. The van der Waals surface area contributed by atoms with E-state index in [1.807, 2.05) is 0 Å². The summed E-state index contributed by atoms with van der Waals surface area (Å²) in [5.74, 6) is -1.65. The fraction of sp³-hybridized carbons (Fsp3) is 0.538. The van der Waals surface area contributed by atoms with Gasteiger partial charge in [-0.3, -0.25) is 9.55 Å². The van der Waals surface area contributed by atoms with Crippen LogP contribution in [0.25, 0.3) is 0 Å². The summed E-state index contributed by atoms with van der Waals surface area (Å²) in [6.07, 6.45) is 2.79. The van der Waals surface area contributed by atoms with E-state index in [0.717, 1.165) is 0 Å². The van der Waals surface area contributed by atoms with Crippen LogP contribution in [-0.4, -0.2) is 46.3 Å². The number of carbonyl (C=O) groups is 1. The van der Waals surface area contributed by atoms with Gasteiger partial charge in [0.05, 0.1) is 18.9 Å². The predicted molar refractivity (Wildman–Crippen MR) is 80.8 cm³/mol. The summed E-state index contributed by atoms with van der Waals surface area (Å²) < 4.78 is 22.5. The van der Waals surface area contributed by atoms with Crippen LogP contribution in [0.2, 0.25) is 0 Å². The average Bonchev–Trinajstić information content (AvgIpc) is 2.48. The highest BCUT2D eigenvalue weighted by Gasteiger charge is 2.56. The van der Waals surface area contributed by atoms with Gasteiger partial charge in [0.2, 0.25) is 0 Å². The number of rotatable bonds is 10. The molecule has 0 aliphatic carbocycles. The van der Waals surface area contributed by atoms with Crippen molar-refractivity contribution in [2.75, 3.05) is 25.1 Å². The quantitative estimate of drug-likeness (QED) is 0.556. The van der Waals surface area contributed by atoms with Crippen molar-refractivity contribution in [2.45, 2.75) is 25.6 Å². The molecule has 22 heavy (non-hydrogen) atoms. The van der Waals surface area contributed by atoms with Crippen molar-refractivity contribution >= 4 is 19.3 Å². The molecule has 1 aromatic heterocycles. The summed E-state index contributed by atoms with van der Waals surface area (Å²) in [5, 5.41) is 20.0. The Balaban J connectivity index is 2.85. The number of nitrogens with one attached hydrogen (secondary N) is 1. The Morgan fingerprint density at radius 2 is 2.05 bits per heavy atom. The Labute approximate surface area is 129 Å². The maximum atomic E-state index is 12.6. The Hall–Kier alpha value is -1.47. The van der Waals surface area contributed by atoms with Gasteiger partial charge in [0.1, 0.15) is 0 Å². The van der Waals surface area contributed by atoms with Crippen LogP contribution in [0.15, 0.2) is 24.5 Å². The number of anilines is 1. The first-order chi connectivity index (χ1) is 10.4. The zero-order valence-corrected chi connectivity index (χ0v) is 13.5. The van der Waals surface area contributed by atoms with Gasteiger partial charge >= 0.3 is 13.6 Å². The highest BCUT2D eigenvalue weighted by Crippen LogP contribution is 2.60. The van der Waals surface area contributed by atoms with E-state index < -0.39 is 18.9 Å². The minimum Gasteiger partial charge on any atom is -0.479 e. The molecule has 0 aliphatic heterocycles. The smallest absolute Gasteiger partial charge is 0.373 e. The summed E-state index contributed by atoms with van der Waals surface area (Å²) >= 11 is 0. The largest absolute Gasteiger partial charge is 0.479 e. The van der Waals surface area contributed by atoms with Crippen LogP contribution in [0.5, 0.6) is 0 Å². The second-order valence-corrected chi connectivity index (χ2v) is 6.62. The van der Waals surface area contributed by atoms with Crippen molar-refractivity contribution < 1.29 is 28.6 Å². The number of hydrogen-bond donors (Lipinski definition) is 3. The topological polar surface area (TPSA) is 118 Å². The third-order valence-corrected chi connectivity index (χ3v) is 5.38. The Bertz CT molecular complexity index is 517. The molecular weight excluding hydrogens is 311 g/mol. The lowest BCUT2D eigenvalue weighted by atomic mass is 10.2. The summed E-state index contributed by atoms with van der Waals surface area (Å²) in [6, 6.07) is 3.44. The molecule has 0 amide bonds. The number of nitrogens with zero attached hydrogens (tertiary/aromatic N) is 1. The third-order valence-electron chi connectivity index (χ3n) is 2.86. The van der Waals surface area contributed by atoms with Crippen molar-refractivity contribution in [3.05, 3.63) is 24.5 Å². The van der Waals surface area contributed by atoms with Gasteiger partial charge < -0.3 is 24.6 Å². The standard InChI is InChI=1S/C13H21N2O6P/c1-3-20-22(19,21-4-2)13(18,12(16)17)7-9-15-11-6-5-8-14-10-11/h5-6,8,10,15,18H,3-4,7,9H2,1-2H3,(H,16,17). The fourth-order valence-electron chi connectivity index (χ4n) is 1.80. The molecule has 9 heteroatoms. The second kappa shape index (κ2) is 8.24. The Morgan fingerprint density at radius 1 is 1.41 bits per heavy atom. The van der Waals surface area contributed by atoms with Gasteiger partial charge in [-0.25, -0.2) is 4.79 Å². The first kappa shape index (κ1) is 18.6. The summed E-state index contributed by atoms with van der Waals surface area (Å²) in [4.78, 5) is 15.3. The van der Waals surface area contributed by atoms with Gasteiger partial charge in [-0.2, -0.15) is 0 Å². The molecule has 8 nitrogen and oxygen atoms in total. The number of pyridine rings is 1. The predicted octanol–water partition coefficient (Wildman–Crippen LogP) is 1.92. The van der Waals surface area contributed by atoms with Crippen molar-refractivity contribution in [1.29, 1.82) is 0 Å². The molecule has 0 fully saturated rings. The van der Waals surface area contributed by atoms with Gasteiger partial charge in [-0.1, -0.05) is 0 Å². The molecule has 0 aromatic carbocycles. The van der Waals surface area contributed by atoms with Crippen LogP contribution in [-0.2, 0) is 18.4 Å². The second-order valence-electron chi connectivity index (χ2n) is 4.37. The van der Waals surface area contributed by atoms with Crippen LogP contribution in [0.4, 0.5) is 5.69 Å². The van der Waals surface area contributed by atoms with Gasteiger partial charge in [-0.05, 0) is 26.0 Å². The molecule has 0 bridgehead atoms. The van der Waals surface area contributed by atoms with E-state index in [1.54, 1.807) is 38.4 Å². The maximum Gasteiger partial charge on any atom is 0.373 e. The van der Waals surface area contributed by atoms with Crippen molar-refractivity contribution in [3.63, 3.8) is 0 Å².